The van der Waals surface area contributed by atoms with E-state index < -0.39 is 0 Å². The Morgan fingerprint density at radius 2 is 2.56 bits per heavy atom. The van der Waals surface area contributed by atoms with E-state index in [1.807, 2.05) is 4.57 Å². The molecule has 0 aromatic carbocycles. The topological polar surface area (TPSA) is 72.9 Å². The van der Waals surface area contributed by atoms with Crippen molar-refractivity contribution in [1.82, 2.24) is 14.9 Å². The lowest BCUT2D eigenvalue weighted by Gasteiger charge is -2.00. The molecule has 0 saturated heterocycles. The fourth-order valence-corrected chi connectivity index (χ4v) is 1.87. The van der Waals surface area contributed by atoms with Crippen LogP contribution >= 0.6 is 0 Å². The summed E-state index contributed by atoms with van der Waals surface area (Å²) in [4.78, 5) is 15.8. The van der Waals surface area contributed by atoms with Crippen molar-refractivity contribution in [3.05, 3.63) is 18.2 Å². The number of aromatic nitrogens is 2. The minimum atomic E-state index is -0.0725. The van der Waals surface area contributed by atoms with Gasteiger partial charge in [0, 0.05) is 25.3 Å². The molecule has 0 bridgehead atoms. The van der Waals surface area contributed by atoms with E-state index in [2.05, 4.69) is 17.2 Å². The summed E-state index contributed by atoms with van der Waals surface area (Å²) in [5.74, 6) is 0.590. The number of rotatable bonds is 5. The molecule has 2 atom stereocenters. The van der Waals surface area contributed by atoms with Gasteiger partial charge in [-0.25, -0.2) is 4.98 Å². The zero-order chi connectivity index (χ0) is 11.5. The molecular formula is C11H18N4O. The van der Waals surface area contributed by atoms with Crippen molar-refractivity contribution in [2.24, 2.45) is 11.7 Å². The highest BCUT2D eigenvalue weighted by Crippen LogP contribution is 2.33. The van der Waals surface area contributed by atoms with Gasteiger partial charge >= 0.3 is 0 Å². The van der Waals surface area contributed by atoms with Crippen LogP contribution in [0.1, 0.15) is 30.3 Å². The Morgan fingerprint density at radius 3 is 3.19 bits per heavy atom. The molecule has 88 valence electrons. The summed E-state index contributed by atoms with van der Waals surface area (Å²) < 4.78 is 1.83. The fraction of sp³-hybridized carbons (Fsp3) is 0.636. The van der Waals surface area contributed by atoms with E-state index in [-0.39, 0.29) is 5.91 Å². The van der Waals surface area contributed by atoms with Gasteiger partial charge in [0.15, 0.2) is 0 Å². The van der Waals surface area contributed by atoms with Crippen LogP contribution < -0.4 is 11.1 Å². The maximum atomic E-state index is 11.8. The molecule has 1 aliphatic carbocycles. The van der Waals surface area contributed by atoms with Gasteiger partial charge in [-0.2, -0.15) is 0 Å². The van der Waals surface area contributed by atoms with E-state index in [0.29, 0.717) is 30.7 Å². The number of carbonyl (C=O) groups is 1. The summed E-state index contributed by atoms with van der Waals surface area (Å²) in [6.45, 7) is 3.39. The average Bonchev–Trinajstić information content (AvgIpc) is 2.85. The third kappa shape index (κ3) is 2.41. The van der Waals surface area contributed by atoms with Crippen molar-refractivity contribution in [2.45, 2.75) is 32.4 Å². The van der Waals surface area contributed by atoms with Crippen LogP contribution in [0.15, 0.2) is 12.5 Å². The van der Waals surface area contributed by atoms with E-state index in [9.17, 15) is 4.79 Å². The maximum absolute atomic E-state index is 11.8. The minimum absolute atomic E-state index is 0.0725. The molecule has 5 heteroatoms. The van der Waals surface area contributed by atoms with Crippen LogP contribution in [-0.2, 0) is 6.54 Å². The van der Waals surface area contributed by atoms with Crippen LogP contribution in [0.3, 0.4) is 0 Å². The Balaban J connectivity index is 1.88. The van der Waals surface area contributed by atoms with Crippen molar-refractivity contribution in [1.29, 1.82) is 0 Å². The van der Waals surface area contributed by atoms with Crippen molar-refractivity contribution in [3.8, 4) is 0 Å². The minimum Gasteiger partial charge on any atom is -0.348 e. The first-order chi connectivity index (χ1) is 7.74. The van der Waals surface area contributed by atoms with Gasteiger partial charge in [-0.05, 0) is 12.3 Å². The fourth-order valence-electron chi connectivity index (χ4n) is 1.87. The Bertz CT molecular complexity index is 374. The number of nitrogens with two attached hydrogens (primary N) is 1. The number of carbonyl (C=O) groups excluding carboxylic acids is 1. The predicted molar refractivity (Wildman–Crippen MR) is 60.9 cm³/mol. The molecule has 0 spiro atoms. The number of imidazole rings is 1. The van der Waals surface area contributed by atoms with Crippen LogP contribution in [0.2, 0.25) is 0 Å². The highest BCUT2D eigenvalue weighted by atomic mass is 16.2. The van der Waals surface area contributed by atoms with E-state index in [0.717, 1.165) is 12.8 Å². The molecule has 2 unspecified atom stereocenters. The Labute approximate surface area is 95.0 Å². The lowest BCUT2D eigenvalue weighted by atomic mass is 10.3. The Hall–Kier alpha value is -1.36. The number of hydrogen-bond donors (Lipinski definition) is 2. The normalized spacial score (nSPS) is 23.1. The number of amides is 1. The molecule has 1 amide bonds. The number of nitrogens with zero attached hydrogens (tertiary/aromatic N) is 2. The molecule has 2 rings (SSSR count). The standard InChI is InChI=1S/C11H18N4O/c1-2-8-5-9(8)14-11(16)10-6-15(4-3-12)7-13-10/h6-9H,2-5,12H2,1H3,(H,14,16). The largest absolute Gasteiger partial charge is 0.348 e. The molecule has 16 heavy (non-hydrogen) atoms. The lowest BCUT2D eigenvalue weighted by Crippen LogP contribution is -2.27. The molecule has 1 fully saturated rings. The molecule has 1 aromatic rings. The van der Waals surface area contributed by atoms with Gasteiger partial charge in [-0.1, -0.05) is 13.3 Å². The molecule has 1 aromatic heterocycles. The van der Waals surface area contributed by atoms with Crippen molar-refractivity contribution >= 4 is 5.91 Å². The van der Waals surface area contributed by atoms with Gasteiger partial charge in [0.1, 0.15) is 5.69 Å². The first-order valence-electron chi connectivity index (χ1n) is 5.77. The second-order valence-corrected chi connectivity index (χ2v) is 4.27. The van der Waals surface area contributed by atoms with E-state index >= 15 is 0 Å². The average molecular weight is 222 g/mol. The molecule has 0 aliphatic heterocycles. The van der Waals surface area contributed by atoms with Crippen LogP contribution in [0, 0.1) is 5.92 Å². The van der Waals surface area contributed by atoms with E-state index in [4.69, 9.17) is 5.73 Å². The van der Waals surface area contributed by atoms with Crippen LogP contribution in [-0.4, -0.2) is 28.0 Å². The third-order valence-electron chi connectivity index (χ3n) is 3.02. The van der Waals surface area contributed by atoms with Crippen LogP contribution in [0.25, 0.3) is 0 Å². The zero-order valence-electron chi connectivity index (χ0n) is 9.52. The van der Waals surface area contributed by atoms with Crippen molar-refractivity contribution < 1.29 is 4.79 Å². The molecule has 0 radical (unpaired) electrons. The van der Waals surface area contributed by atoms with Gasteiger partial charge in [-0.3, -0.25) is 4.79 Å². The highest BCUT2D eigenvalue weighted by molar-refractivity contribution is 5.92. The Morgan fingerprint density at radius 1 is 1.75 bits per heavy atom. The summed E-state index contributed by atoms with van der Waals surface area (Å²) in [6.07, 6.45) is 5.62. The van der Waals surface area contributed by atoms with E-state index in [1.165, 1.54) is 0 Å². The number of hydrogen-bond acceptors (Lipinski definition) is 3. The van der Waals surface area contributed by atoms with E-state index in [1.54, 1.807) is 12.5 Å². The first kappa shape index (κ1) is 11.1. The second kappa shape index (κ2) is 4.65. The van der Waals surface area contributed by atoms with Crippen molar-refractivity contribution in [2.75, 3.05) is 6.54 Å². The summed E-state index contributed by atoms with van der Waals surface area (Å²) in [5.41, 5.74) is 5.91. The molecular weight excluding hydrogens is 204 g/mol. The summed E-state index contributed by atoms with van der Waals surface area (Å²) in [5, 5.41) is 2.98. The summed E-state index contributed by atoms with van der Waals surface area (Å²) in [7, 11) is 0. The maximum Gasteiger partial charge on any atom is 0.271 e. The molecule has 5 nitrogen and oxygen atoms in total. The quantitative estimate of drug-likeness (QED) is 0.756. The van der Waals surface area contributed by atoms with Crippen LogP contribution in [0.5, 0.6) is 0 Å². The lowest BCUT2D eigenvalue weighted by molar-refractivity contribution is 0.0944. The third-order valence-corrected chi connectivity index (χ3v) is 3.02. The Kier molecular flexibility index (Phi) is 3.24. The van der Waals surface area contributed by atoms with Crippen LogP contribution in [0.4, 0.5) is 0 Å². The van der Waals surface area contributed by atoms with Crippen molar-refractivity contribution in [3.63, 3.8) is 0 Å². The smallest absolute Gasteiger partial charge is 0.271 e. The monoisotopic (exact) mass is 222 g/mol. The van der Waals surface area contributed by atoms with Gasteiger partial charge in [0.2, 0.25) is 0 Å². The molecule has 3 N–H and O–H groups in total. The van der Waals surface area contributed by atoms with Gasteiger partial charge in [0.25, 0.3) is 5.91 Å². The van der Waals surface area contributed by atoms with Gasteiger partial charge in [0.05, 0.1) is 6.33 Å². The van der Waals surface area contributed by atoms with Gasteiger partial charge in [-0.15, -0.1) is 0 Å². The predicted octanol–water partition coefficient (Wildman–Crippen LogP) is 0.370. The molecule has 1 aliphatic rings. The number of nitrogens with one attached hydrogen (secondary N) is 1. The molecule has 1 saturated carbocycles. The zero-order valence-corrected chi connectivity index (χ0v) is 9.52. The van der Waals surface area contributed by atoms with Gasteiger partial charge < -0.3 is 15.6 Å². The summed E-state index contributed by atoms with van der Waals surface area (Å²) in [6, 6.07) is 0.358. The molecule has 1 heterocycles. The highest BCUT2D eigenvalue weighted by Gasteiger charge is 2.36. The first-order valence-corrected chi connectivity index (χ1v) is 5.77. The second-order valence-electron chi connectivity index (χ2n) is 4.27. The SMILES string of the molecule is CCC1CC1NC(=O)c1cn(CCN)cn1. The summed E-state index contributed by atoms with van der Waals surface area (Å²) >= 11 is 0.